The fourth-order valence-electron chi connectivity index (χ4n) is 7.38. The number of nitrogens with one attached hydrogen (secondary N) is 5. The number of carbonyl (C=O) groups is 6. The highest BCUT2D eigenvalue weighted by atomic mass is 16.5. The number of nitrogens with two attached hydrogens (primary N) is 3. The molecular weight excluding hydrogens is 873 g/mol. The fraction of sp³-hybridized carbons (Fsp3) is 0.396. The van der Waals surface area contributed by atoms with Crippen LogP contribution in [-0.2, 0) is 35.8 Å². The molecule has 1 aliphatic rings. The first-order valence-corrected chi connectivity index (χ1v) is 22.1. The van der Waals surface area contributed by atoms with Gasteiger partial charge in [0.05, 0.1) is 23.9 Å². The zero-order valence-electron chi connectivity index (χ0n) is 39.1. The van der Waals surface area contributed by atoms with Crippen molar-refractivity contribution in [1.29, 1.82) is 5.26 Å². The van der Waals surface area contributed by atoms with Gasteiger partial charge in [0.2, 0.25) is 29.5 Å². The Labute approximate surface area is 395 Å². The van der Waals surface area contributed by atoms with E-state index in [1.54, 1.807) is 43.3 Å². The van der Waals surface area contributed by atoms with E-state index in [4.69, 9.17) is 26.7 Å². The van der Waals surface area contributed by atoms with Gasteiger partial charge in [0.25, 0.3) is 5.91 Å². The largest absolute Gasteiger partial charge is 0.492 e. The molecule has 20 heteroatoms. The van der Waals surface area contributed by atoms with Crippen molar-refractivity contribution in [3.8, 4) is 40.1 Å². The van der Waals surface area contributed by atoms with Crippen molar-refractivity contribution >= 4 is 35.4 Å². The number of fused-ring (bicyclic) bond motifs is 5. The van der Waals surface area contributed by atoms with Crippen molar-refractivity contribution in [3.63, 3.8) is 0 Å². The molecule has 4 bridgehead atoms. The Bertz CT molecular complexity index is 2540. The maximum Gasteiger partial charge on any atom is 0.255 e. The van der Waals surface area contributed by atoms with Gasteiger partial charge in [0.1, 0.15) is 55.4 Å². The molecule has 3 aromatic carbocycles. The lowest BCUT2D eigenvalue weighted by molar-refractivity contribution is -0.141. The second-order valence-corrected chi connectivity index (χ2v) is 17.1. The molecule has 0 radical (unpaired) electrons. The molecule has 5 rings (SSSR count). The lowest BCUT2D eigenvalue weighted by Crippen LogP contribution is -2.57. The summed E-state index contributed by atoms with van der Waals surface area (Å²) in [4.78, 5) is 93.2. The molecule has 1 aliphatic heterocycles. The molecule has 0 saturated carbocycles. The minimum atomic E-state index is -1.51. The van der Waals surface area contributed by atoms with Crippen LogP contribution < -0.4 is 53.3 Å². The number of rotatable bonds is 16. The van der Waals surface area contributed by atoms with Gasteiger partial charge in [0.15, 0.2) is 5.82 Å². The van der Waals surface area contributed by atoms with Crippen LogP contribution >= 0.6 is 0 Å². The van der Waals surface area contributed by atoms with Crippen molar-refractivity contribution in [3.05, 3.63) is 94.8 Å². The molecule has 2 heterocycles. The van der Waals surface area contributed by atoms with Gasteiger partial charge in [-0.25, -0.2) is 9.97 Å². The zero-order chi connectivity index (χ0) is 49.7. The summed E-state index contributed by atoms with van der Waals surface area (Å²) in [6.45, 7) is 8.73. The van der Waals surface area contributed by atoms with Gasteiger partial charge in [-0.05, 0) is 60.2 Å². The average Bonchev–Trinajstić information content (AvgIpc) is 3.32. The van der Waals surface area contributed by atoms with Gasteiger partial charge in [-0.2, -0.15) is 5.26 Å². The molecule has 20 nitrogen and oxygen atoms in total. The summed E-state index contributed by atoms with van der Waals surface area (Å²) in [5.74, 6) is -3.33. The number of aromatic nitrogens is 2. The van der Waals surface area contributed by atoms with Gasteiger partial charge < -0.3 is 58.2 Å². The van der Waals surface area contributed by atoms with Crippen LogP contribution in [0.3, 0.4) is 0 Å². The van der Waals surface area contributed by atoms with E-state index in [1.165, 1.54) is 20.2 Å². The van der Waals surface area contributed by atoms with Crippen LogP contribution in [0.1, 0.15) is 66.5 Å². The first-order chi connectivity index (χ1) is 32.4. The molecule has 0 fully saturated rings. The Morgan fingerprint density at radius 1 is 0.912 bits per heavy atom. The highest BCUT2D eigenvalue weighted by Crippen LogP contribution is 2.40. The lowest BCUT2D eigenvalue weighted by Gasteiger charge is -2.32. The summed E-state index contributed by atoms with van der Waals surface area (Å²) >= 11 is 0. The van der Waals surface area contributed by atoms with Crippen molar-refractivity contribution < 1.29 is 38.2 Å². The van der Waals surface area contributed by atoms with Crippen LogP contribution in [0.5, 0.6) is 11.5 Å². The number of benzene rings is 3. The summed E-state index contributed by atoms with van der Waals surface area (Å²) in [6.07, 6.45) is 1.32. The normalized spacial score (nSPS) is 16.4. The predicted octanol–water partition coefficient (Wildman–Crippen LogP) is 0.650. The Kier molecular flexibility index (Phi) is 17.7. The van der Waals surface area contributed by atoms with Crippen molar-refractivity contribution in [2.45, 2.75) is 70.6 Å². The fourth-order valence-corrected chi connectivity index (χ4v) is 7.38. The summed E-state index contributed by atoms with van der Waals surface area (Å²) in [5.41, 5.74) is 21.1. The number of likely N-dealkylation sites (N-methyl/N-ethyl adjacent to an activating group) is 1. The van der Waals surface area contributed by atoms with Crippen molar-refractivity contribution in [1.82, 2.24) is 41.5 Å². The highest BCUT2D eigenvalue weighted by molar-refractivity contribution is 6.00. The van der Waals surface area contributed by atoms with E-state index in [1.807, 2.05) is 30.3 Å². The standard InChI is InChI=1S/C48H60N12O8/c1-27-35(25-55-42(56-27)30-8-11-32(12-9-30)48(3,4)5)44(63)59-37(26-54-40(61)24-52)47(66)60(6)41-31-10-14-39(68-20-17-51)34(23-31)33-21-29(7-13-38(33)67-19-16-50)22-36(45(64)53-18-15-49)58-43(62)28(2)57-46(41)65/h7-14,21,23,25,28,36-37,41H,16-20,22,24,26,50-52H2,1-6H3,(H,53,64)(H,54,61)(H,57,65)(H,58,62)(H,59,63)/t28-,36-,37?,41-/m0/s1. The molecule has 0 spiro atoms. The van der Waals surface area contributed by atoms with Crippen LogP contribution in [0.25, 0.3) is 22.5 Å². The van der Waals surface area contributed by atoms with Gasteiger partial charge in [-0.15, -0.1) is 0 Å². The molecule has 0 aliphatic carbocycles. The maximum absolute atomic E-state index is 14.8. The molecule has 68 heavy (non-hydrogen) atoms. The van der Waals surface area contributed by atoms with Crippen molar-refractivity contribution in [2.75, 3.05) is 53.0 Å². The summed E-state index contributed by atoms with van der Waals surface area (Å²) in [5, 5.41) is 22.3. The minimum Gasteiger partial charge on any atom is -0.492 e. The molecule has 11 N–H and O–H groups in total. The Balaban J connectivity index is 1.59. The van der Waals surface area contributed by atoms with Crippen LogP contribution in [0.2, 0.25) is 0 Å². The number of aryl methyl sites for hydroxylation is 1. The number of nitriles is 1. The van der Waals surface area contributed by atoms with E-state index in [0.29, 0.717) is 39.7 Å². The predicted molar refractivity (Wildman–Crippen MR) is 253 cm³/mol. The van der Waals surface area contributed by atoms with E-state index < -0.39 is 72.7 Å². The minimum absolute atomic E-state index is 0.0264. The number of hydrogen-bond acceptors (Lipinski definition) is 14. The third-order valence-electron chi connectivity index (χ3n) is 11.1. The molecule has 4 atom stereocenters. The van der Waals surface area contributed by atoms with Gasteiger partial charge >= 0.3 is 0 Å². The third-order valence-corrected chi connectivity index (χ3v) is 11.1. The number of nitrogens with zero attached hydrogens (tertiary/aromatic N) is 4. The van der Waals surface area contributed by atoms with Gasteiger partial charge in [-0.3, -0.25) is 28.8 Å². The molecule has 4 aromatic rings. The van der Waals surface area contributed by atoms with E-state index in [-0.39, 0.29) is 55.8 Å². The van der Waals surface area contributed by atoms with Crippen LogP contribution in [0.15, 0.2) is 66.9 Å². The summed E-state index contributed by atoms with van der Waals surface area (Å²) < 4.78 is 12.2. The van der Waals surface area contributed by atoms with Crippen LogP contribution in [-0.4, -0.2) is 121 Å². The molecule has 0 saturated heterocycles. The third kappa shape index (κ3) is 12.9. The first-order valence-electron chi connectivity index (χ1n) is 22.1. The second kappa shape index (κ2) is 23.3. The summed E-state index contributed by atoms with van der Waals surface area (Å²) in [6, 6.07) is 14.1. The smallest absolute Gasteiger partial charge is 0.255 e. The van der Waals surface area contributed by atoms with E-state index in [9.17, 15) is 34.0 Å². The molecule has 6 amide bonds. The topological polar surface area (TPSA) is 312 Å². The monoisotopic (exact) mass is 932 g/mol. The Hall–Kier alpha value is -7.47. The molecule has 360 valence electrons. The Morgan fingerprint density at radius 3 is 2.16 bits per heavy atom. The maximum atomic E-state index is 14.8. The van der Waals surface area contributed by atoms with E-state index >= 15 is 0 Å². The molecule has 1 unspecified atom stereocenters. The highest BCUT2D eigenvalue weighted by Gasteiger charge is 2.37. The quantitative estimate of drug-likeness (QED) is 0.0716. The van der Waals surface area contributed by atoms with E-state index in [0.717, 1.165) is 16.0 Å². The Morgan fingerprint density at radius 2 is 1.56 bits per heavy atom. The van der Waals surface area contributed by atoms with Gasteiger partial charge in [0, 0.05) is 56.0 Å². The molecular formula is C48H60N12O8. The zero-order valence-corrected chi connectivity index (χ0v) is 39.1. The number of amides is 6. The number of carbonyl (C=O) groups excluding carboxylic acids is 6. The molecule has 1 aromatic heterocycles. The lowest BCUT2D eigenvalue weighted by atomic mass is 9.87. The first kappa shape index (κ1) is 51.5. The van der Waals surface area contributed by atoms with E-state index in [2.05, 4.69) is 57.3 Å². The van der Waals surface area contributed by atoms with Gasteiger partial charge in [-0.1, -0.05) is 57.2 Å². The van der Waals surface area contributed by atoms with Crippen LogP contribution in [0, 0.1) is 18.3 Å². The number of ether oxygens (including phenoxy) is 2. The average molecular weight is 933 g/mol. The summed E-state index contributed by atoms with van der Waals surface area (Å²) in [7, 11) is 1.34. The second-order valence-electron chi connectivity index (χ2n) is 17.1. The van der Waals surface area contributed by atoms with Crippen LogP contribution in [0.4, 0.5) is 0 Å². The number of hydrogen-bond donors (Lipinski definition) is 8. The SMILES string of the molecule is Cc1nc(-c2ccc(C(C)(C)C)cc2)ncc1C(=O)NC(CNC(=O)CN)C(=O)N(C)[C@@H]1C(=O)N[C@@H](C)C(=O)N[C@H](C(=O)NCC#N)Cc2ccc(OCCN)c(c2)-c2cc1ccc2OCCN. The van der Waals surface area contributed by atoms with Crippen molar-refractivity contribution in [2.24, 2.45) is 17.2 Å².